The Morgan fingerprint density at radius 2 is 2.17 bits per heavy atom. The lowest BCUT2D eigenvalue weighted by Crippen LogP contribution is -2.47. The predicted molar refractivity (Wildman–Crippen MR) is 41.3 cm³/mol. The molecular formula is C7H9N3O2. The Morgan fingerprint density at radius 1 is 1.50 bits per heavy atom. The minimum atomic E-state index is -0.807. The highest BCUT2D eigenvalue weighted by Gasteiger charge is 2.58. The summed E-state index contributed by atoms with van der Waals surface area (Å²) in [5.74, 6) is -0.280. The number of amidine groups is 1. The third-order valence-corrected chi connectivity index (χ3v) is 2.28. The largest absolute Gasteiger partial charge is 0.324 e. The van der Waals surface area contributed by atoms with Crippen LogP contribution in [0.15, 0.2) is 4.99 Å². The molecule has 1 aliphatic carbocycles. The van der Waals surface area contributed by atoms with Gasteiger partial charge in [-0.15, -0.1) is 0 Å². The molecule has 0 unspecified atom stereocenters. The first kappa shape index (κ1) is 7.42. The molecule has 64 valence electrons. The van der Waals surface area contributed by atoms with Crippen molar-refractivity contribution in [1.82, 2.24) is 5.32 Å². The number of hydrogen-bond donors (Lipinski definition) is 2. The Kier molecular flexibility index (Phi) is 1.32. The van der Waals surface area contributed by atoms with Crippen molar-refractivity contribution in [2.75, 3.05) is 6.54 Å². The van der Waals surface area contributed by atoms with E-state index in [1.807, 2.05) is 0 Å². The van der Waals surface area contributed by atoms with Crippen LogP contribution in [0.3, 0.4) is 0 Å². The molecule has 0 radical (unpaired) electrons. The van der Waals surface area contributed by atoms with Crippen molar-refractivity contribution >= 4 is 17.6 Å². The summed E-state index contributed by atoms with van der Waals surface area (Å²) in [6.45, 7) is 0.105. The topological polar surface area (TPSA) is 84.5 Å². The zero-order valence-corrected chi connectivity index (χ0v) is 6.46. The molecule has 1 fully saturated rings. The summed E-state index contributed by atoms with van der Waals surface area (Å²) in [6.07, 6.45) is 1.25. The predicted octanol–water partition coefficient (Wildman–Crippen LogP) is -1.22. The molecule has 0 aromatic rings. The van der Waals surface area contributed by atoms with E-state index in [9.17, 15) is 9.59 Å². The van der Waals surface area contributed by atoms with Crippen molar-refractivity contribution in [3.8, 4) is 0 Å². The molecule has 1 spiro atoms. The van der Waals surface area contributed by atoms with Crippen LogP contribution < -0.4 is 11.1 Å². The zero-order chi connectivity index (χ0) is 8.77. The molecule has 1 aliphatic heterocycles. The van der Waals surface area contributed by atoms with E-state index in [4.69, 9.17) is 5.73 Å². The third kappa shape index (κ3) is 0.797. The lowest BCUT2D eigenvalue weighted by molar-refractivity contribution is -0.135. The van der Waals surface area contributed by atoms with Gasteiger partial charge in [0.05, 0.1) is 6.54 Å². The summed E-state index contributed by atoms with van der Waals surface area (Å²) in [7, 11) is 0. The number of carbonyl (C=O) groups excluding carboxylic acids is 2. The van der Waals surface area contributed by atoms with E-state index in [0.29, 0.717) is 12.8 Å². The zero-order valence-electron chi connectivity index (χ0n) is 6.46. The van der Waals surface area contributed by atoms with Crippen LogP contribution in [0.5, 0.6) is 0 Å². The molecule has 1 saturated carbocycles. The highest BCUT2D eigenvalue weighted by Crippen LogP contribution is 2.48. The van der Waals surface area contributed by atoms with E-state index in [1.165, 1.54) is 0 Å². The fourth-order valence-electron chi connectivity index (χ4n) is 1.27. The van der Waals surface area contributed by atoms with Gasteiger partial charge in [-0.2, -0.15) is 4.99 Å². The molecule has 0 atom stereocenters. The van der Waals surface area contributed by atoms with Crippen LogP contribution in [-0.2, 0) is 9.59 Å². The molecule has 0 aromatic heterocycles. The van der Waals surface area contributed by atoms with Crippen molar-refractivity contribution < 1.29 is 9.59 Å². The maximum absolute atomic E-state index is 11.3. The molecule has 2 aliphatic rings. The molecule has 0 aromatic carbocycles. The Bertz CT molecular complexity index is 291. The van der Waals surface area contributed by atoms with Crippen molar-refractivity contribution in [3.05, 3.63) is 0 Å². The van der Waals surface area contributed by atoms with Gasteiger partial charge >= 0.3 is 0 Å². The van der Waals surface area contributed by atoms with E-state index in [2.05, 4.69) is 10.3 Å². The standard InChI is InChI=1S/C7H9N3O2/c8-3-4-9-5(11)7(1-2-7)6(12)10-4/h1-3,8H2,(H,9,10,11,12). The summed E-state index contributed by atoms with van der Waals surface area (Å²) in [6, 6.07) is 0. The van der Waals surface area contributed by atoms with Gasteiger partial charge in [0.1, 0.15) is 11.3 Å². The molecule has 12 heavy (non-hydrogen) atoms. The summed E-state index contributed by atoms with van der Waals surface area (Å²) in [5, 5.41) is 2.51. The van der Waals surface area contributed by atoms with Gasteiger partial charge in [-0.3, -0.25) is 9.59 Å². The lowest BCUT2D eigenvalue weighted by atomic mass is 10.0. The van der Waals surface area contributed by atoms with E-state index in [1.54, 1.807) is 0 Å². The second kappa shape index (κ2) is 2.13. The van der Waals surface area contributed by atoms with Crippen LogP contribution in [0.2, 0.25) is 0 Å². The SMILES string of the molecule is NCC1=NC(=O)C2(CC2)C(=O)N1. The van der Waals surface area contributed by atoms with E-state index < -0.39 is 5.41 Å². The fourth-order valence-corrected chi connectivity index (χ4v) is 1.27. The average molecular weight is 167 g/mol. The van der Waals surface area contributed by atoms with Crippen molar-refractivity contribution in [2.45, 2.75) is 12.8 Å². The van der Waals surface area contributed by atoms with E-state index >= 15 is 0 Å². The molecule has 5 heteroatoms. The van der Waals surface area contributed by atoms with Crippen LogP contribution >= 0.6 is 0 Å². The number of aliphatic imine (C=N–C) groups is 1. The van der Waals surface area contributed by atoms with Gasteiger partial charge in [-0.1, -0.05) is 0 Å². The van der Waals surface area contributed by atoms with Gasteiger partial charge in [0, 0.05) is 0 Å². The first-order valence-corrected chi connectivity index (χ1v) is 3.82. The number of hydrogen-bond acceptors (Lipinski definition) is 3. The number of rotatable bonds is 1. The molecule has 2 rings (SSSR count). The normalized spacial score (nSPS) is 25.2. The minimum Gasteiger partial charge on any atom is -0.324 e. The van der Waals surface area contributed by atoms with Crippen LogP contribution in [-0.4, -0.2) is 24.2 Å². The number of carbonyl (C=O) groups is 2. The monoisotopic (exact) mass is 167 g/mol. The number of nitrogens with two attached hydrogens (primary N) is 1. The summed E-state index contributed by atoms with van der Waals surface area (Å²) >= 11 is 0. The number of nitrogens with zero attached hydrogens (tertiary/aromatic N) is 1. The first-order valence-electron chi connectivity index (χ1n) is 3.82. The summed E-state index contributed by atoms with van der Waals surface area (Å²) < 4.78 is 0. The molecule has 2 amide bonds. The van der Waals surface area contributed by atoms with E-state index in [0.717, 1.165) is 0 Å². The van der Waals surface area contributed by atoms with Gasteiger partial charge in [-0.05, 0) is 12.8 Å². The van der Waals surface area contributed by atoms with Crippen LogP contribution in [0.1, 0.15) is 12.8 Å². The van der Waals surface area contributed by atoms with Gasteiger partial charge < -0.3 is 11.1 Å². The average Bonchev–Trinajstić information content (AvgIpc) is 2.81. The minimum absolute atomic E-state index is 0.105. The van der Waals surface area contributed by atoms with Crippen LogP contribution in [0, 0.1) is 5.41 Å². The maximum atomic E-state index is 11.3. The Balaban J connectivity index is 2.31. The van der Waals surface area contributed by atoms with Gasteiger partial charge in [0.2, 0.25) is 5.91 Å². The molecule has 0 bridgehead atoms. The summed E-state index contributed by atoms with van der Waals surface area (Å²) in [4.78, 5) is 26.2. The molecule has 0 saturated heterocycles. The van der Waals surface area contributed by atoms with E-state index in [-0.39, 0.29) is 24.2 Å². The van der Waals surface area contributed by atoms with Gasteiger partial charge in [-0.25, -0.2) is 0 Å². The Hall–Kier alpha value is -1.23. The molecule has 3 N–H and O–H groups in total. The number of amides is 2. The molecule has 5 nitrogen and oxygen atoms in total. The Morgan fingerprint density at radius 3 is 2.58 bits per heavy atom. The second-order valence-corrected chi connectivity index (χ2v) is 3.10. The van der Waals surface area contributed by atoms with Crippen molar-refractivity contribution in [2.24, 2.45) is 16.1 Å². The highest BCUT2D eigenvalue weighted by molar-refractivity contribution is 6.20. The van der Waals surface area contributed by atoms with Gasteiger partial charge in [0.15, 0.2) is 0 Å². The quantitative estimate of drug-likeness (QED) is 0.480. The number of nitrogens with one attached hydrogen (secondary N) is 1. The highest BCUT2D eigenvalue weighted by atomic mass is 16.2. The summed E-state index contributed by atoms with van der Waals surface area (Å²) in [5.41, 5.74) is 4.43. The smallest absolute Gasteiger partial charge is 0.263 e. The maximum Gasteiger partial charge on any atom is 0.263 e. The van der Waals surface area contributed by atoms with Crippen LogP contribution in [0.25, 0.3) is 0 Å². The van der Waals surface area contributed by atoms with Crippen molar-refractivity contribution in [3.63, 3.8) is 0 Å². The van der Waals surface area contributed by atoms with Crippen LogP contribution in [0.4, 0.5) is 0 Å². The first-order chi connectivity index (χ1) is 5.69. The fraction of sp³-hybridized carbons (Fsp3) is 0.571. The molecule has 1 heterocycles. The third-order valence-electron chi connectivity index (χ3n) is 2.28. The Labute approximate surface area is 69.0 Å². The molecular weight excluding hydrogens is 158 g/mol. The van der Waals surface area contributed by atoms with Gasteiger partial charge in [0.25, 0.3) is 5.91 Å². The van der Waals surface area contributed by atoms with Crippen molar-refractivity contribution in [1.29, 1.82) is 0 Å². The lowest BCUT2D eigenvalue weighted by Gasteiger charge is -2.17. The second-order valence-electron chi connectivity index (χ2n) is 3.10.